The number of amides is 1. The maximum Gasteiger partial charge on any atom is 0.297 e. The number of likely N-dealkylation sites (tertiary alicyclic amines) is 1. The Bertz CT molecular complexity index is 2980. The molecule has 0 unspecified atom stereocenters. The first-order valence-electron chi connectivity index (χ1n) is 26.4. The third-order valence-corrected chi connectivity index (χ3v) is 18.3. The number of carbonyl (C=O) groups excluding carboxylic acids is 1. The van der Waals surface area contributed by atoms with E-state index in [-0.39, 0.29) is 64.4 Å². The fourth-order valence-corrected chi connectivity index (χ4v) is 13.7. The normalized spacial score (nSPS) is 25.2. The number of nitrogens with one attached hydrogen (secondary N) is 4. The van der Waals surface area contributed by atoms with Gasteiger partial charge in [0.05, 0.1) is 27.0 Å². The van der Waals surface area contributed by atoms with Crippen LogP contribution in [0.4, 0.5) is 17.1 Å². The van der Waals surface area contributed by atoms with Crippen LogP contribution in [-0.2, 0) is 10.0 Å². The number of nitro groups is 1. The van der Waals surface area contributed by atoms with Crippen molar-refractivity contribution in [1.29, 1.82) is 0 Å². The Morgan fingerprint density at radius 2 is 1.78 bits per heavy atom. The van der Waals surface area contributed by atoms with Crippen LogP contribution in [0.5, 0.6) is 23.1 Å². The smallest absolute Gasteiger partial charge is 0.297 e. The van der Waals surface area contributed by atoms with E-state index in [1.54, 1.807) is 24.4 Å². The molecular formula is C55H68N8O9S. The summed E-state index contributed by atoms with van der Waals surface area (Å²) in [6, 6.07) is 20.8. The van der Waals surface area contributed by atoms with Gasteiger partial charge in [0.2, 0.25) is 0 Å². The van der Waals surface area contributed by atoms with E-state index in [4.69, 9.17) is 19.2 Å². The fourth-order valence-electron chi connectivity index (χ4n) is 12.7. The van der Waals surface area contributed by atoms with Crippen LogP contribution in [0.1, 0.15) is 131 Å². The maximum absolute atomic E-state index is 14.5. The summed E-state index contributed by atoms with van der Waals surface area (Å²) in [7, 11) is -4.71. The molecule has 6 aliphatic rings. The Morgan fingerprint density at radius 3 is 2.53 bits per heavy atom. The molecular weight excluding hydrogens is 949 g/mol. The fraction of sp³-hybridized carbons (Fsp3) is 0.527. The number of fused-ring (bicyclic) bond motifs is 2. The van der Waals surface area contributed by atoms with Crippen LogP contribution in [0.3, 0.4) is 0 Å². The van der Waals surface area contributed by atoms with Crippen LogP contribution >= 0.6 is 0 Å². The van der Waals surface area contributed by atoms with Crippen molar-refractivity contribution >= 4 is 44.0 Å². The summed E-state index contributed by atoms with van der Waals surface area (Å²) < 4.78 is 49.6. The molecule has 388 valence electrons. The average molecular weight is 1020 g/mol. The Morgan fingerprint density at radius 1 is 0.986 bits per heavy atom. The van der Waals surface area contributed by atoms with Crippen LogP contribution in [0, 0.1) is 21.4 Å². The van der Waals surface area contributed by atoms with Crippen molar-refractivity contribution in [3.63, 3.8) is 0 Å². The number of rotatable bonds is 14. The molecule has 3 saturated heterocycles. The second kappa shape index (κ2) is 19.7. The van der Waals surface area contributed by atoms with Gasteiger partial charge in [0.15, 0.2) is 17.2 Å². The molecule has 1 amide bonds. The standard InChI is InChI=1S/C55H68N8O9S/c1-34(2)41-9-4-5-10-42(41)45-11-7-23-62(45)39-30-55(31-39)19-24-61(25-20-55)38-12-13-43(47(27-38)72-49-26-36-16-22-57-51(36)59-53(49)71-32-37-8-6-21-56-37)52(64)60-73(68,69)40-28-46(63(66)67)50-48(29-40)70-33-44(58-50)35-14-17-54(3,65)18-15-35/h4-5,9-10,12-13,16,22,26-29,34-35,37,39,44-45,56,58,65H,6-8,11,14-15,17-21,23-25,30-33H2,1-3H3,(H,57,59)(H,60,64)/t35-,37-,44+,45-,54-/m0/s1. The number of aromatic nitrogens is 2. The number of H-pyrrole nitrogens is 1. The second-order valence-electron chi connectivity index (χ2n) is 22.2. The van der Waals surface area contributed by atoms with Crippen LogP contribution < -0.4 is 34.5 Å². The molecule has 17 nitrogen and oxygen atoms in total. The van der Waals surface area contributed by atoms with Gasteiger partial charge in [0, 0.05) is 66.7 Å². The third-order valence-electron chi connectivity index (χ3n) is 17.0. The van der Waals surface area contributed by atoms with Gasteiger partial charge in [0.1, 0.15) is 24.6 Å². The van der Waals surface area contributed by atoms with E-state index in [2.05, 4.69) is 68.3 Å². The highest BCUT2D eigenvalue weighted by molar-refractivity contribution is 7.90. The topological polar surface area (TPSA) is 214 Å². The number of sulfonamides is 1. The molecule has 2 saturated carbocycles. The minimum absolute atomic E-state index is 0.00387. The minimum atomic E-state index is -4.71. The van der Waals surface area contributed by atoms with E-state index in [1.807, 2.05) is 19.1 Å². The summed E-state index contributed by atoms with van der Waals surface area (Å²) in [4.78, 5) is 38.8. The summed E-state index contributed by atoms with van der Waals surface area (Å²) >= 11 is 0. The summed E-state index contributed by atoms with van der Waals surface area (Å²) in [5.74, 6) is 0.144. The number of aromatic amines is 1. The summed E-state index contributed by atoms with van der Waals surface area (Å²) in [6.45, 7) is 10.5. The molecule has 5 aromatic rings. The highest BCUT2D eigenvalue weighted by atomic mass is 32.2. The van der Waals surface area contributed by atoms with Gasteiger partial charge < -0.3 is 39.8 Å². The number of hydrogen-bond acceptors (Lipinski definition) is 14. The Labute approximate surface area is 427 Å². The zero-order chi connectivity index (χ0) is 50.6. The van der Waals surface area contributed by atoms with Crippen molar-refractivity contribution in [2.24, 2.45) is 11.3 Å². The molecule has 3 aromatic carbocycles. The highest BCUT2D eigenvalue weighted by Gasteiger charge is 2.50. The van der Waals surface area contributed by atoms with Gasteiger partial charge in [-0.25, -0.2) is 13.1 Å². The first-order chi connectivity index (χ1) is 35.1. The lowest BCUT2D eigenvalue weighted by molar-refractivity contribution is -0.384. The summed E-state index contributed by atoms with van der Waals surface area (Å²) in [5.41, 5.74) is 3.39. The molecule has 2 aliphatic carbocycles. The monoisotopic (exact) mass is 1020 g/mol. The number of hydrogen-bond donors (Lipinski definition) is 5. The van der Waals surface area contributed by atoms with E-state index in [0.717, 1.165) is 69.0 Å². The lowest BCUT2D eigenvalue weighted by atomic mass is 9.59. The predicted octanol–water partition coefficient (Wildman–Crippen LogP) is 9.34. The largest absolute Gasteiger partial charge is 0.489 e. The molecule has 6 heterocycles. The SMILES string of the molecule is CC(C)c1ccccc1[C@@H]1CCCN1C1CC2(CCN(c3ccc(C(=O)NS(=O)(=O)c4cc5c(c([N+](=O)[O-])c4)N[C@@H]([C@H]4CC[C@](C)(O)CC4)CO5)c(Oc4cc5cc[nH]c5nc4OC[C@@H]4CCCN4)c3)CC2)C1. The van der Waals surface area contributed by atoms with Gasteiger partial charge in [-0.2, -0.15) is 4.98 Å². The number of anilines is 2. The van der Waals surface area contributed by atoms with Gasteiger partial charge >= 0.3 is 0 Å². The summed E-state index contributed by atoms with van der Waals surface area (Å²) in [6.07, 6.45) is 13.2. The molecule has 5 fully saturated rings. The van der Waals surface area contributed by atoms with E-state index in [1.165, 1.54) is 42.9 Å². The van der Waals surface area contributed by atoms with Gasteiger partial charge in [-0.05, 0) is 150 Å². The summed E-state index contributed by atoms with van der Waals surface area (Å²) in [5, 5.41) is 30.5. The number of nitrogens with zero attached hydrogens (tertiary/aromatic N) is 4. The molecule has 3 atom stereocenters. The number of piperidine rings is 1. The van der Waals surface area contributed by atoms with Gasteiger partial charge in [-0.1, -0.05) is 38.1 Å². The lowest BCUT2D eigenvalue weighted by Gasteiger charge is -2.56. The van der Waals surface area contributed by atoms with Gasteiger partial charge in [-0.15, -0.1) is 0 Å². The third kappa shape index (κ3) is 10.1. The number of ether oxygens (including phenoxy) is 3. The van der Waals surface area contributed by atoms with Crippen molar-refractivity contribution in [3.8, 4) is 23.1 Å². The van der Waals surface area contributed by atoms with Crippen molar-refractivity contribution in [1.82, 2.24) is 24.9 Å². The van der Waals surface area contributed by atoms with E-state index in [9.17, 15) is 28.4 Å². The molecule has 11 rings (SSSR count). The van der Waals surface area contributed by atoms with Crippen LogP contribution in [-0.4, -0.2) is 102 Å². The molecule has 0 bridgehead atoms. The molecule has 18 heteroatoms. The zero-order valence-electron chi connectivity index (χ0n) is 42.0. The van der Waals surface area contributed by atoms with Gasteiger partial charge in [-0.3, -0.25) is 19.8 Å². The number of carbonyl (C=O) groups is 1. The highest BCUT2D eigenvalue weighted by Crippen LogP contribution is 2.54. The van der Waals surface area contributed by atoms with Crippen LogP contribution in [0.2, 0.25) is 0 Å². The molecule has 73 heavy (non-hydrogen) atoms. The average Bonchev–Trinajstić information content (AvgIpc) is 4.18. The second-order valence-corrected chi connectivity index (χ2v) is 23.9. The van der Waals surface area contributed by atoms with Crippen LogP contribution in [0.25, 0.3) is 11.0 Å². The van der Waals surface area contributed by atoms with E-state index in [0.29, 0.717) is 55.9 Å². The van der Waals surface area contributed by atoms with E-state index >= 15 is 0 Å². The zero-order valence-corrected chi connectivity index (χ0v) is 42.8. The number of pyridine rings is 1. The predicted molar refractivity (Wildman–Crippen MR) is 278 cm³/mol. The number of benzene rings is 3. The Balaban J connectivity index is 0.841. The maximum atomic E-state index is 14.5. The van der Waals surface area contributed by atoms with Crippen molar-refractivity contribution in [2.45, 2.75) is 138 Å². The molecule has 1 spiro atoms. The molecule has 2 aromatic heterocycles. The van der Waals surface area contributed by atoms with Crippen molar-refractivity contribution in [3.05, 3.63) is 99.7 Å². The van der Waals surface area contributed by atoms with E-state index < -0.39 is 37.0 Å². The molecule has 4 aliphatic heterocycles. The molecule has 0 radical (unpaired) electrons. The lowest BCUT2D eigenvalue weighted by Crippen LogP contribution is -2.54. The quantitative estimate of drug-likeness (QED) is 0.0518. The first kappa shape index (κ1) is 49.3. The number of aliphatic hydroxyl groups is 1. The molecule has 5 N–H and O–H groups in total. The Kier molecular flexibility index (Phi) is 13.3. The van der Waals surface area contributed by atoms with Crippen molar-refractivity contribution < 1.29 is 37.5 Å². The van der Waals surface area contributed by atoms with Crippen LogP contribution in [0.15, 0.2) is 77.8 Å². The number of nitro benzene ring substituents is 1. The van der Waals surface area contributed by atoms with Gasteiger partial charge in [0.25, 0.3) is 27.5 Å². The Hall–Kier alpha value is -5.95. The first-order valence-corrected chi connectivity index (χ1v) is 27.9. The minimum Gasteiger partial charge on any atom is -0.489 e. The van der Waals surface area contributed by atoms with Crippen molar-refractivity contribution in [2.75, 3.05) is 49.6 Å².